The number of aryl methyl sites for hydroxylation is 1. The molecule has 5 rings (SSSR count). The number of carbonyl (C=O) groups excluding carboxylic acids is 2. The monoisotopic (exact) mass is 684 g/mol. The molecule has 1 aliphatic heterocycles. The summed E-state index contributed by atoms with van der Waals surface area (Å²) in [7, 11) is 3.77. The van der Waals surface area contributed by atoms with Crippen LogP contribution in [0.15, 0.2) is 30.5 Å². The molecular formula is C33H33F5N8O3. The van der Waals surface area contributed by atoms with Gasteiger partial charge in [0.25, 0.3) is 5.91 Å². The Morgan fingerprint density at radius 3 is 2.45 bits per heavy atom. The van der Waals surface area contributed by atoms with Crippen molar-refractivity contribution in [2.75, 3.05) is 49.8 Å². The molecule has 0 unspecified atom stereocenters. The first kappa shape index (κ1) is 35.2. The molecule has 0 atom stereocenters. The Bertz CT molecular complexity index is 1920. The lowest BCUT2D eigenvalue weighted by Gasteiger charge is -2.37. The number of halogens is 5. The van der Waals surface area contributed by atoms with E-state index in [4.69, 9.17) is 10.5 Å². The zero-order valence-electron chi connectivity index (χ0n) is 26.8. The highest BCUT2D eigenvalue weighted by Gasteiger charge is 2.47. The summed E-state index contributed by atoms with van der Waals surface area (Å²) in [6, 6.07) is 3.26. The van der Waals surface area contributed by atoms with Gasteiger partial charge in [-0.25, -0.2) is 18.7 Å². The Morgan fingerprint density at radius 1 is 1.10 bits per heavy atom. The highest BCUT2D eigenvalue weighted by Crippen LogP contribution is 2.40. The Hall–Kier alpha value is -5.14. The molecule has 0 spiro atoms. The summed E-state index contributed by atoms with van der Waals surface area (Å²) in [5.41, 5.74) is 7.22. The van der Waals surface area contributed by atoms with Crippen LogP contribution in [0, 0.1) is 30.4 Å². The van der Waals surface area contributed by atoms with Gasteiger partial charge in [0, 0.05) is 30.9 Å². The van der Waals surface area contributed by atoms with Crippen molar-refractivity contribution < 1.29 is 36.3 Å². The number of rotatable bonds is 8. The van der Waals surface area contributed by atoms with E-state index in [1.807, 2.05) is 19.0 Å². The van der Waals surface area contributed by atoms with Gasteiger partial charge in [-0.05, 0) is 88.5 Å². The molecule has 1 aliphatic rings. The van der Waals surface area contributed by atoms with Gasteiger partial charge in [-0.2, -0.15) is 18.3 Å². The van der Waals surface area contributed by atoms with E-state index in [0.717, 1.165) is 12.1 Å². The number of benzene rings is 2. The summed E-state index contributed by atoms with van der Waals surface area (Å²) in [6.07, 6.45) is -2.80. The SMILES string of the molecule is Cc1cc(C(=O)Nc2[nH]nc3ncc(C#Cc4cc(F)cc(F)c4)nc23)c(N(C(=O)C(F)(F)F)C2CCOCC2)c(N)c1CCCN(C)C. The van der Waals surface area contributed by atoms with E-state index < -0.39 is 35.7 Å². The van der Waals surface area contributed by atoms with E-state index in [9.17, 15) is 31.5 Å². The van der Waals surface area contributed by atoms with E-state index in [1.165, 1.54) is 12.3 Å². The van der Waals surface area contributed by atoms with E-state index >= 15 is 0 Å². The Kier molecular flexibility index (Phi) is 10.4. The zero-order chi connectivity index (χ0) is 35.5. The molecule has 1 saturated heterocycles. The summed E-state index contributed by atoms with van der Waals surface area (Å²) in [6.45, 7) is 2.60. The fraction of sp³-hybridized carbons (Fsp3) is 0.364. The molecule has 0 bridgehead atoms. The second-order valence-electron chi connectivity index (χ2n) is 11.8. The Balaban J connectivity index is 1.57. The lowest BCUT2D eigenvalue weighted by molar-refractivity contribution is -0.171. The standard InChI is InChI=1S/C33H33F5N8O3/c1-18-13-25(28(26(39)24(18)5-4-10-45(2)3)46(32(48)33(36,37)38)23-8-11-49-12-9-23)31(47)42-30-27-29(43-44-30)40-17-22(41-27)7-6-19-14-20(34)16-21(35)15-19/h13-17,23H,4-5,8-12,39H2,1-3H3,(H2,40,42,43,44,47). The first-order chi connectivity index (χ1) is 23.2. The molecule has 0 aliphatic carbocycles. The number of alkyl halides is 3. The van der Waals surface area contributed by atoms with Crippen LogP contribution in [-0.4, -0.2) is 83.0 Å². The van der Waals surface area contributed by atoms with Crippen molar-refractivity contribution in [3.63, 3.8) is 0 Å². The summed E-state index contributed by atoms with van der Waals surface area (Å²) in [5.74, 6) is 0.513. The van der Waals surface area contributed by atoms with E-state index in [1.54, 1.807) is 6.92 Å². The van der Waals surface area contributed by atoms with Crippen LogP contribution in [0.2, 0.25) is 0 Å². The Morgan fingerprint density at radius 2 is 1.80 bits per heavy atom. The third-order valence-electron chi connectivity index (χ3n) is 7.91. The van der Waals surface area contributed by atoms with Gasteiger partial charge < -0.3 is 20.7 Å². The van der Waals surface area contributed by atoms with Crippen LogP contribution in [0.1, 0.15) is 52.0 Å². The van der Waals surface area contributed by atoms with Crippen molar-refractivity contribution >= 4 is 40.2 Å². The van der Waals surface area contributed by atoms with Gasteiger partial charge in [-0.15, -0.1) is 0 Å². The Labute approximate surface area is 278 Å². The van der Waals surface area contributed by atoms with Gasteiger partial charge in [0.05, 0.1) is 23.1 Å². The highest BCUT2D eigenvalue weighted by atomic mass is 19.4. The van der Waals surface area contributed by atoms with E-state index in [2.05, 4.69) is 37.3 Å². The number of aromatic nitrogens is 4. The number of nitrogens with two attached hydrogens (primary N) is 1. The minimum Gasteiger partial charge on any atom is -0.397 e. The fourth-order valence-electron chi connectivity index (χ4n) is 5.62. The van der Waals surface area contributed by atoms with Crippen molar-refractivity contribution in [1.82, 2.24) is 25.1 Å². The lowest BCUT2D eigenvalue weighted by atomic mass is 9.94. The zero-order valence-corrected chi connectivity index (χ0v) is 26.8. The van der Waals surface area contributed by atoms with Gasteiger partial charge in [0.15, 0.2) is 11.3 Å². The molecule has 4 N–H and O–H groups in total. The number of nitrogens with one attached hydrogen (secondary N) is 2. The van der Waals surface area contributed by atoms with Crippen LogP contribution in [0.4, 0.5) is 39.1 Å². The molecule has 16 heteroatoms. The number of fused-ring (bicyclic) bond motifs is 1. The summed E-state index contributed by atoms with van der Waals surface area (Å²) < 4.78 is 75.0. The van der Waals surface area contributed by atoms with Crippen LogP contribution in [0.5, 0.6) is 0 Å². The van der Waals surface area contributed by atoms with Crippen molar-refractivity contribution in [1.29, 1.82) is 0 Å². The smallest absolute Gasteiger partial charge is 0.397 e. The topological polar surface area (TPSA) is 142 Å². The minimum absolute atomic E-state index is 0.0461. The van der Waals surface area contributed by atoms with Gasteiger partial charge >= 0.3 is 12.1 Å². The van der Waals surface area contributed by atoms with Crippen LogP contribution < -0.4 is 16.0 Å². The summed E-state index contributed by atoms with van der Waals surface area (Å²) in [5, 5.41) is 9.21. The second kappa shape index (κ2) is 14.5. The first-order valence-corrected chi connectivity index (χ1v) is 15.3. The van der Waals surface area contributed by atoms with Gasteiger partial charge in [0.1, 0.15) is 17.3 Å². The molecule has 49 heavy (non-hydrogen) atoms. The minimum atomic E-state index is -5.27. The van der Waals surface area contributed by atoms with Crippen LogP contribution in [0.3, 0.4) is 0 Å². The number of carbonyl (C=O) groups is 2. The number of ether oxygens (including phenoxy) is 1. The number of anilines is 3. The van der Waals surface area contributed by atoms with Crippen LogP contribution >= 0.6 is 0 Å². The average molecular weight is 685 g/mol. The van der Waals surface area contributed by atoms with Crippen LogP contribution in [0.25, 0.3) is 11.2 Å². The van der Waals surface area contributed by atoms with Gasteiger partial charge in [-0.1, -0.05) is 5.92 Å². The maximum absolute atomic E-state index is 14.2. The van der Waals surface area contributed by atoms with Crippen molar-refractivity contribution in [3.05, 3.63) is 70.0 Å². The molecule has 0 saturated carbocycles. The molecule has 258 valence electrons. The van der Waals surface area contributed by atoms with Crippen LogP contribution in [-0.2, 0) is 16.0 Å². The normalized spacial score (nSPS) is 13.7. The van der Waals surface area contributed by atoms with E-state index in [0.29, 0.717) is 41.5 Å². The third-order valence-corrected chi connectivity index (χ3v) is 7.91. The third kappa shape index (κ3) is 8.12. The molecular weight excluding hydrogens is 651 g/mol. The maximum atomic E-state index is 14.2. The molecule has 2 aromatic carbocycles. The predicted molar refractivity (Wildman–Crippen MR) is 172 cm³/mol. The molecule has 2 amide bonds. The van der Waals surface area contributed by atoms with Crippen molar-refractivity contribution in [3.8, 4) is 11.8 Å². The summed E-state index contributed by atoms with van der Waals surface area (Å²) in [4.78, 5) is 38.1. The van der Waals surface area contributed by atoms with Gasteiger partial charge in [0.2, 0.25) is 5.65 Å². The largest absolute Gasteiger partial charge is 0.471 e. The molecule has 3 heterocycles. The number of hydrogen-bond donors (Lipinski definition) is 3. The number of aromatic amines is 1. The second-order valence-corrected chi connectivity index (χ2v) is 11.8. The fourth-order valence-corrected chi connectivity index (χ4v) is 5.62. The molecule has 11 nitrogen and oxygen atoms in total. The number of hydrogen-bond acceptors (Lipinski definition) is 8. The number of amides is 2. The molecule has 0 radical (unpaired) electrons. The quantitative estimate of drug-likeness (QED) is 0.137. The molecule has 2 aromatic heterocycles. The first-order valence-electron chi connectivity index (χ1n) is 15.3. The predicted octanol–water partition coefficient (Wildman–Crippen LogP) is 4.74. The number of H-pyrrole nitrogens is 1. The van der Waals surface area contributed by atoms with Crippen molar-refractivity contribution in [2.45, 2.75) is 44.8 Å². The average Bonchev–Trinajstić information content (AvgIpc) is 3.43. The molecule has 1 fully saturated rings. The molecule has 4 aromatic rings. The van der Waals surface area contributed by atoms with E-state index in [-0.39, 0.29) is 71.2 Å². The number of nitrogen functional groups attached to an aromatic ring is 1. The lowest BCUT2D eigenvalue weighted by Crippen LogP contribution is -2.50. The van der Waals surface area contributed by atoms with Gasteiger partial charge in [-0.3, -0.25) is 19.6 Å². The van der Waals surface area contributed by atoms with Crippen molar-refractivity contribution in [2.24, 2.45) is 0 Å². The maximum Gasteiger partial charge on any atom is 0.471 e. The number of nitrogens with zero attached hydrogens (tertiary/aromatic N) is 5. The highest BCUT2D eigenvalue weighted by molar-refractivity contribution is 6.15. The summed E-state index contributed by atoms with van der Waals surface area (Å²) >= 11 is 0.